The predicted molar refractivity (Wildman–Crippen MR) is 77.3 cm³/mol. The van der Waals surface area contributed by atoms with E-state index in [1.165, 1.54) is 12.1 Å². The van der Waals surface area contributed by atoms with Crippen LogP contribution >= 0.6 is 0 Å². The lowest BCUT2D eigenvalue weighted by atomic mass is 9.86. The van der Waals surface area contributed by atoms with Crippen LogP contribution < -0.4 is 0 Å². The summed E-state index contributed by atoms with van der Waals surface area (Å²) in [6.07, 6.45) is -4.63. The Morgan fingerprint density at radius 3 is 2.14 bits per heavy atom. The quantitative estimate of drug-likeness (QED) is 0.846. The second kappa shape index (κ2) is 6.82. The molecular formula is C16H19F3N2O. The summed E-state index contributed by atoms with van der Waals surface area (Å²) in [7, 11) is 0. The first-order chi connectivity index (χ1) is 10.0. The lowest BCUT2D eigenvalue weighted by Gasteiger charge is -2.24. The summed E-state index contributed by atoms with van der Waals surface area (Å²) < 4.78 is 37.7. The molecule has 1 rings (SSSR count). The molecule has 0 radical (unpaired) electrons. The number of nitrogens with zero attached hydrogens (tertiary/aromatic N) is 2. The molecule has 0 aliphatic rings. The number of rotatable bonds is 4. The van der Waals surface area contributed by atoms with Crippen molar-refractivity contribution in [1.82, 2.24) is 4.90 Å². The van der Waals surface area contributed by atoms with Gasteiger partial charge in [0.25, 0.3) is 5.91 Å². The molecule has 1 aromatic carbocycles. The highest BCUT2D eigenvalue weighted by Crippen LogP contribution is 2.23. The molecule has 0 N–H and O–H groups in total. The summed E-state index contributed by atoms with van der Waals surface area (Å²) in [6, 6.07) is 8.29. The third-order valence-electron chi connectivity index (χ3n) is 3.15. The number of carbonyl (C=O) groups is 1. The normalized spacial score (nSPS) is 11.9. The van der Waals surface area contributed by atoms with E-state index < -0.39 is 18.6 Å². The topological polar surface area (TPSA) is 44.1 Å². The van der Waals surface area contributed by atoms with Crippen molar-refractivity contribution >= 4 is 5.91 Å². The van der Waals surface area contributed by atoms with Crippen molar-refractivity contribution in [2.45, 2.75) is 38.8 Å². The summed E-state index contributed by atoms with van der Waals surface area (Å²) >= 11 is 0. The first-order valence-corrected chi connectivity index (χ1v) is 6.88. The van der Waals surface area contributed by atoms with Gasteiger partial charge in [0, 0.05) is 12.1 Å². The second-order valence-electron chi connectivity index (χ2n) is 6.08. The van der Waals surface area contributed by atoms with Crippen LogP contribution in [0.25, 0.3) is 0 Å². The highest BCUT2D eigenvalue weighted by molar-refractivity contribution is 5.94. The molecule has 120 valence electrons. The lowest BCUT2D eigenvalue weighted by Crippen LogP contribution is -2.39. The molecule has 1 aromatic rings. The van der Waals surface area contributed by atoms with Crippen LogP contribution in [0.15, 0.2) is 24.3 Å². The van der Waals surface area contributed by atoms with Crippen LogP contribution in [0.5, 0.6) is 0 Å². The number of hydrogen-bond donors (Lipinski definition) is 0. The third-order valence-corrected chi connectivity index (χ3v) is 3.15. The van der Waals surface area contributed by atoms with E-state index in [1.54, 1.807) is 18.2 Å². The van der Waals surface area contributed by atoms with Crippen LogP contribution in [-0.2, 0) is 5.41 Å². The van der Waals surface area contributed by atoms with E-state index in [2.05, 4.69) is 0 Å². The third kappa shape index (κ3) is 5.40. The summed E-state index contributed by atoms with van der Waals surface area (Å²) in [5.74, 6) is -0.715. The van der Waals surface area contributed by atoms with Crippen molar-refractivity contribution in [3.05, 3.63) is 35.4 Å². The zero-order chi connectivity index (χ0) is 17.0. The molecule has 0 fully saturated rings. The Balaban J connectivity index is 2.96. The molecule has 22 heavy (non-hydrogen) atoms. The van der Waals surface area contributed by atoms with Gasteiger partial charge in [-0.05, 0) is 23.1 Å². The summed E-state index contributed by atoms with van der Waals surface area (Å²) in [5.41, 5.74) is 1.08. The fourth-order valence-corrected chi connectivity index (χ4v) is 1.95. The van der Waals surface area contributed by atoms with E-state index in [0.717, 1.165) is 5.56 Å². The van der Waals surface area contributed by atoms with Gasteiger partial charge in [0.2, 0.25) is 0 Å². The van der Waals surface area contributed by atoms with Gasteiger partial charge >= 0.3 is 6.18 Å². The van der Waals surface area contributed by atoms with E-state index in [-0.39, 0.29) is 23.9 Å². The van der Waals surface area contributed by atoms with Gasteiger partial charge in [0.1, 0.15) is 6.54 Å². The van der Waals surface area contributed by atoms with Crippen LogP contribution in [0.2, 0.25) is 0 Å². The number of hydrogen-bond acceptors (Lipinski definition) is 2. The smallest absolute Gasteiger partial charge is 0.329 e. The number of benzene rings is 1. The number of halogens is 3. The largest absolute Gasteiger partial charge is 0.406 e. The Bertz CT molecular complexity index is 551. The molecule has 0 aromatic heterocycles. The summed E-state index contributed by atoms with van der Waals surface area (Å²) in [6.45, 7) is 4.43. The van der Waals surface area contributed by atoms with Gasteiger partial charge in [-0.3, -0.25) is 4.79 Å². The van der Waals surface area contributed by atoms with Crippen molar-refractivity contribution in [2.75, 3.05) is 13.1 Å². The molecule has 0 heterocycles. The van der Waals surface area contributed by atoms with E-state index >= 15 is 0 Å². The van der Waals surface area contributed by atoms with Gasteiger partial charge in [-0.15, -0.1) is 0 Å². The first kappa shape index (κ1) is 18.0. The minimum absolute atomic E-state index is 0.103. The van der Waals surface area contributed by atoms with Crippen LogP contribution in [0.3, 0.4) is 0 Å². The van der Waals surface area contributed by atoms with Gasteiger partial charge in [0.15, 0.2) is 0 Å². The van der Waals surface area contributed by atoms with Crippen LogP contribution in [0, 0.1) is 11.3 Å². The highest BCUT2D eigenvalue weighted by atomic mass is 19.4. The van der Waals surface area contributed by atoms with Gasteiger partial charge in [-0.1, -0.05) is 32.9 Å². The molecule has 0 saturated heterocycles. The van der Waals surface area contributed by atoms with Crippen molar-refractivity contribution in [2.24, 2.45) is 0 Å². The molecule has 0 atom stereocenters. The zero-order valence-electron chi connectivity index (χ0n) is 12.9. The van der Waals surface area contributed by atoms with Crippen LogP contribution in [0.1, 0.15) is 43.1 Å². The molecule has 0 unspecified atom stereocenters. The molecule has 6 heteroatoms. The van der Waals surface area contributed by atoms with Crippen LogP contribution in [-0.4, -0.2) is 30.1 Å². The predicted octanol–water partition coefficient (Wildman–Crippen LogP) is 3.90. The fraction of sp³-hybridized carbons (Fsp3) is 0.500. The van der Waals surface area contributed by atoms with E-state index in [0.29, 0.717) is 4.90 Å². The minimum Gasteiger partial charge on any atom is -0.329 e. The Morgan fingerprint density at radius 2 is 1.73 bits per heavy atom. The SMILES string of the molecule is CC(C)(C)c1ccc(C(=O)N(CCC#N)CC(F)(F)F)cc1. The lowest BCUT2D eigenvalue weighted by molar-refractivity contribution is -0.140. The van der Waals surface area contributed by atoms with E-state index in [1.807, 2.05) is 20.8 Å². The number of carbonyl (C=O) groups excluding carboxylic acids is 1. The highest BCUT2D eigenvalue weighted by Gasteiger charge is 2.33. The van der Waals surface area contributed by atoms with Crippen LogP contribution in [0.4, 0.5) is 13.2 Å². The Labute approximate surface area is 128 Å². The molecule has 0 bridgehead atoms. The molecule has 1 amide bonds. The summed E-state index contributed by atoms with van der Waals surface area (Å²) in [4.78, 5) is 12.9. The first-order valence-electron chi connectivity index (χ1n) is 6.88. The van der Waals surface area contributed by atoms with Crippen molar-refractivity contribution in [3.63, 3.8) is 0 Å². The fourth-order valence-electron chi connectivity index (χ4n) is 1.95. The minimum atomic E-state index is -4.49. The Morgan fingerprint density at radius 1 is 1.18 bits per heavy atom. The maximum Gasteiger partial charge on any atom is 0.406 e. The maximum atomic E-state index is 12.6. The van der Waals surface area contributed by atoms with Crippen molar-refractivity contribution in [1.29, 1.82) is 5.26 Å². The second-order valence-corrected chi connectivity index (χ2v) is 6.08. The standard InChI is InChI=1S/C16H19F3N2O/c1-15(2,3)13-7-5-12(6-8-13)14(22)21(10-4-9-20)11-16(17,18)19/h5-8H,4,10-11H2,1-3H3. The number of alkyl halides is 3. The molecule has 0 spiro atoms. The van der Waals surface area contributed by atoms with Crippen molar-refractivity contribution in [3.8, 4) is 6.07 Å². The van der Waals surface area contributed by atoms with E-state index in [9.17, 15) is 18.0 Å². The van der Waals surface area contributed by atoms with Crippen molar-refractivity contribution < 1.29 is 18.0 Å². The average molecular weight is 312 g/mol. The van der Waals surface area contributed by atoms with E-state index in [4.69, 9.17) is 5.26 Å². The number of amides is 1. The summed E-state index contributed by atoms with van der Waals surface area (Å²) in [5, 5.41) is 8.52. The monoisotopic (exact) mass is 312 g/mol. The van der Waals surface area contributed by atoms with Gasteiger partial charge in [-0.2, -0.15) is 18.4 Å². The maximum absolute atomic E-state index is 12.6. The van der Waals surface area contributed by atoms with Gasteiger partial charge < -0.3 is 4.90 Å². The molecule has 0 aliphatic heterocycles. The molecule has 0 saturated carbocycles. The van der Waals surface area contributed by atoms with Gasteiger partial charge in [0.05, 0.1) is 12.5 Å². The molecular weight excluding hydrogens is 293 g/mol. The zero-order valence-corrected chi connectivity index (χ0v) is 12.9. The molecule has 3 nitrogen and oxygen atoms in total. The van der Waals surface area contributed by atoms with Gasteiger partial charge in [-0.25, -0.2) is 0 Å². The molecule has 0 aliphatic carbocycles. The Hall–Kier alpha value is -2.03. The number of nitriles is 1. The average Bonchev–Trinajstić information content (AvgIpc) is 2.40. The Kier molecular flexibility index (Phi) is 5.59.